The quantitative estimate of drug-likeness (QED) is 0.495. The molecule has 0 aliphatic heterocycles. The first-order valence-electron chi connectivity index (χ1n) is 2.84. The molecule has 1 rings (SSSR count). The van der Waals surface area contributed by atoms with Gasteiger partial charge in [-0.05, 0) is 17.7 Å². The highest BCUT2D eigenvalue weighted by Crippen LogP contribution is 2.29. The van der Waals surface area contributed by atoms with Gasteiger partial charge in [-0.1, -0.05) is 34.8 Å². The highest BCUT2D eigenvalue weighted by molar-refractivity contribution is 6.43. The molecule has 0 atom stereocenters. The molecule has 0 saturated heterocycles. The smallest absolute Gasteiger partial charge is 0.0607 e. The lowest BCUT2D eigenvalue weighted by atomic mass is 10.2. The molecule has 0 N–H and O–H groups in total. The molecule has 0 amide bonds. The highest BCUT2D eigenvalue weighted by Gasteiger charge is 2.03. The first-order valence-corrected chi connectivity index (χ1v) is 4.51. The van der Waals surface area contributed by atoms with Gasteiger partial charge in [0.05, 0.1) is 10.0 Å². The minimum atomic E-state index is 0.343. The van der Waals surface area contributed by atoms with Crippen molar-refractivity contribution in [3.05, 3.63) is 32.8 Å². The molecule has 1 aromatic carbocycles. The molecule has 11 heavy (non-hydrogen) atoms. The van der Waals surface area contributed by atoms with Gasteiger partial charge in [0.15, 0.2) is 0 Å². The third kappa shape index (κ3) is 2.16. The summed E-state index contributed by atoms with van der Waals surface area (Å²) >= 11 is 22.7. The Hall–Kier alpha value is 0.380. The average Bonchev–Trinajstić information content (AvgIpc) is 1.97. The van der Waals surface area contributed by atoms with Crippen molar-refractivity contribution >= 4 is 46.4 Å². The fraction of sp³-hybridized carbons (Fsp3) is 0.143. The Labute approximate surface area is 85.0 Å². The molecule has 0 aliphatic carbocycles. The third-order valence-corrected chi connectivity index (χ3v) is 2.60. The second-order valence-corrected chi connectivity index (χ2v) is 3.48. The van der Waals surface area contributed by atoms with Crippen molar-refractivity contribution < 1.29 is 0 Å². The second-order valence-electron chi connectivity index (χ2n) is 1.99. The summed E-state index contributed by atoms with van der Waals surface area (Å²) in [5.41, 5.74) is 0.794. The molecule has 0 aromatic heterocycles. The van der Waals surface area contributed by atoms with Crippen LogP contribution < -0.4 is 0 Å². The van der Waals surface area contributed by atoms with E-state index in [0.29, 0.717) is 20.9 Å². The molecule has 0 aliphatic rings. The van der Waals surface area contributed by atoms with Gasteiger partial charge in [0.2, 0.25) is 0 Å². The third-order valence-electron chi connectivity index (χ3n) is 1.23. The topological polar surface area (TPSA) is 0 Å². The number of alkyl halides is 1. The van der Waals surface area contributed by atoms with E-state index in [9.17, 15) is 0 Å². The molecule has 4 heteroatoms. The SMILES string of the molecule is ClCc1cc(Cl)c(Cl)cc1Cl. The van der Waals surface area contributed by atoms with Crippen LogP contribution in [0.3, 0.4) is 0 Å². The van der Waals surface area contributed by atoms with Gasteiger partial charge in [-0.15, -0.1) is 11.6 Å². The van der Waals surface area contributed by atoms with Gasteiger partial charge < -0.3 is 0 Å². The maximum atomic E-state index is 5.77. The van der Waals surface area contributed by atoms with E-state index in [1.165, 1.54) is 0 Å². The lowest BCUT2D eigenvalue weighted by Crippen LogP contribution is -1.80. The van der Waals surface area contributed by atoms with Crippen molar-refractivity contribution in [2.75, 3.05) is 0 Å². The summed E-state index contributed by atoms with van der Waals surface area (Å²) in [5.74, 6) is 0.343. The molecule has 1 aromatic rings. The summed E-state index contributed by atoms with van der Waals surface area (Å²) in [7, 11) is 0. The van der Waals surface area contributed by atoms with Crippen LogP contribution in [0.25, 0.3) is 0 Å². The van der Waals surface area contributed by atoms with E-state index in [2.05, 4.69) is 0 Å². The van der Waals surface area contributed by atoms with Gasteiger partial charge in [0, 0.05) is 10.9 Å². The molecule has 60 valence electrons. The van der Waals surface area contributed by atoms with E-state index in [1.54, 1.807) is 12.1 Å². The predicted molar refractivity (Wildman–Crippen MR) is 51.0 cm³/mol. The van der Waals surface area contributed by atoms with Crippen molar-refractivity contribution in [1.82, 2.24) is 0 Å². The Morgan fingerprint density at radius 1 is 0.909 bits per heavy atom. The Morgan fingerprint density at radius 3 is 2.00 bits per heavy atom. The van der Waals surface area contributed by atoms with Crippen LogP contribution >= 0.6 is 46.4 Å². The van der Waals surface area contributed by atoms with Crippen LogP contribution in [-0.2, 0) is 5.88 Å². The van der Waals surface area contributed by atoms with E-state index in [0.717, 1.165) is 5.56 Å². The largest absolute Gasteiger partial charge is 0.121 e. The van der Waals surface area contributed by atoms with Crippen LogP contribution in [0.4, 0.5) is 0 Å². The van der Waals surface area contributed by atoms with Gasteiger partial charge >= 0.3 is 0 Å². The summed E-state index contributed by atoms with van der Waals surface area (Å²) < 4.78 is 0. The summed E-state index contributed by atoms with van der Waals surface area (Å²) in [4.78, 5) is 0. The zero-order valence-corrected chi connectivity index (χ0v) is 8.40. The monoisotopic (exact) mass is 228 g/mol. The minimum absolute atomic E-state index is 0.343. The van der Waals surface area contributed by atoms with Crippen LogP contribution in [0.1, 0.15) is 5.56 Å². The number of halogens is 4. The molecule has 0 nitrogen and oxygen atoms in total. The van der Waals surface area contributed by atoms with Gasteiger partial charge in [0.25, 0.3) is 0 Å². The van der Waals surface area contributed by atoms with Crippen molar-refractivity contribution in [3.63, 3.8) is 0 Å². The van der Waals surface area contributed by atoms with Gasteiger partial charge in [0.1, 0.15) is 0 Å². The van der Waals surface area contributed by atoms with Gasteiger partial charge in [-0.2, -0.15) is 0 Å². The lowest BCUT2D eigenvalue weighted by molar-refractivity contribution is 1.40. The number of hydrogen-bond acceptors (Lipinski definition) is 0. The van der Waals surface area contributed by atoms with E-state index < -0.39 is 0 Å². The normalized spacial score (nSPS) is 10.2. The van der Waals surface area contributed by atoms with Crippen molar-refractivity contribution in [2.24, 2.45) is 0 Å². The molecule has 0 radical (unpaired) electrons. The van der Waals surface area contributed by atoms with Crippen LogP contribution in [0.15, 0.2) is 12.1 Å². The summed E-state index contributed by atoms with van der Waals surface area (Å²) in [6, 6.07) is 3.25. The van der Waals surface area contributed by atoms with Crippen molar-refractivity contribution in [3.8, 4) is 0 Å². The molecule has 0 fully saturated rings. The molecule has 0 saturated carbocycles. The Morgan fingerprint density at radius 2 is 1.45 bits per heavy atom. The Kier molecular flexibility index (Phi) is 3.32. The number of benzene rings is 1. The summed E-state index contributed by atoms with van der Waals surface area (Å²) in [5, 5.41) is 1.48. The van der Waals surface area contributed by atoms with Gasteiger partial charge in [-0.25, -0.2) is 0 Å². The molecular weight excluding hydrogens is 226 g/mol. The zero-order chi connectivity index (χ0) is 8.43. The van der Waals surface area contributed by atoms with Crippen LogP contribution in [-0.4, -0.2) is 0 Å². The van der Waals surface area contributed by atoms with Crippen molar-refractivity contribution in [1.29, 1.82) is 0 Å². The zero-order valence-electron chi connectivity index (χ0n) is 5.37. The highest BCUT2D eigenvalue weighted by atomic mass is 35.5. The molecule has 0 bridgehead atoms. The van der Waals surface area contributed by atoms with E-state index >= 15 is 0 Å². The van der Waals surface area contributed by atoms with Crippen LogP contribution in [0.5, 0.6) is 0 Å². The molecule has 0 unspecified atom stereocenters. The predicted octanol–water partition coefficient (Wildman–Crippen LogP) is 4.39. The number of hydrogen-bond donors (Lipinski definition) is 0. The molecule has 0 spiro atoms. The molecular formula is C7H4Cl4. The summed E-state index contributed by atoms with van der Waals surface area (Å²) in [6.45, 7) is 0. The fourth-order valence-electron chi connectivity index (χ4n) is 0.666. The maximum absolute atomic E-state index is 5.77. The minimum Gasteiger partial charge on any atom is -0.121 e. The molecule has 0 heterocycles. The van der Waals surface area contributed by atoms with E-state index in [4.69, 9.17) is 46.4 Å². The van der Waals surface area contributed by atoms with Gasteiger partial charge in [-0.3, -0.25) is 0 Å². The average molecular weight is 230 g/mol. The van der Waals surface area contributed by atoms with Crippen LogP contribution in [0.2, 0.25) is 15.1 Å². The maximum Gasteiger partial charge on any atom is 0.0607 e. The first kappa shape index (κ1) is 9.47. The second kappa shape index (κ2) is 3.86. The van der Waals surface area contributed by atoms with E-state index in [-0.39, 0.29) is 0 Å². The lowest BCUT2D eigenvalue weighted by Gasteiger charge is -2.01. The van der Waals surface area contributed by atoms with Crippen molar-refractivity contribution in [2.45, 2.75) is 5.88 Å². The van der Waals surface area contributed by atoms with E-state index in [1.807, 2.05) is 0 Å². The first-order chi connectivity index (χ1) is 5.15. The van der Waals surface area contributed by atoms with Crippen LogP contribution in [0, 0.1) is 0 Å². The summed E-state index contributed by atoms with van der Waals surface area (Å²) in [6.07, 6.45) is 0. The Balaban J connectivity index is 3.21. The number of rotatable bonds is 1. The fourth-order valence-corrected chi connectivity index (χ4v) is 1.59. The standard InChI is InChI=1S/C7H4Cl4/c8-3-4-1-6(10)7(11)2-5(4)9/h1-2H,3H2. The Bertz CT molecular complexity index is 269.